The van der Waals surface area contributed by atoms with Crippen molar-refractivity contribution in [3.8, 4) is 16.9 Å². The summed E-state index contributed by atoms with van der Waals surface area (Å²) >= 11 is 6.41. The van der Waals surface area contributed by atoms with E-state index < -0.39 is 80.3 Å². The van der Waals surface area contributed by atoms with E-state index in [1.54, 1.807) is 51.1 Å². The lowest BCUT2D eigenvalue weighted by Gasteiger charge is -2.22. The van der Waals surface area contributed by atoms with Crippen LogP contribution in [0.25, 0.3) is 11.1 Å². The van der Waals surface area contributed by atoms with Crippen LogP contribution in [0.4, 0.5) is 4.79 Å². The predicted molar refractivity (Wildman–Crippen MR) is 174 cm³/mol. The van der Waals surface area contributed by atoms with Gasteiger partial charge < -0.3 is 19.5 Å². The first-order valence-corrected chi connectivity index (χ1v) is 16.5. The number of amides is 1. The van der Waals surface area contributed by atoms with Gasteiger partial charge in [-0.2, -0.15) is 0 Å². The van der Waals surface area contributed by atoms with Crippen LogP contribution in [0, 0.1) is 0 Å². The van der Waals surface area contributed by atoms with Gasteiger partial charge >= 0.3 is 6.09 Å². The van der Waals surface area contributed by atoms with Crippen molar-refractivity contribution >= 4 is 27.7 Å². The van der Waals surface area contributed by atoms with E-state index in [0.717, 1.165) is 17.1 Å². The van der Waals surface area contributed by atoms with E-state index >= 15 is 0 Å². The Morgan fingerprint density at radius 3 is 2.69 bits per heavy atom. The monoisotopic (exact) mass is 663 g/mol. The fourth-order valence-corrected chi connectivity index (χ4v) is 5.59. The molecule has 3 aromatic rings. The zero-order valence-corrected chi connectivity index (χ0v) is 27.1. The Morgan fingerprint density at radius 1 is 1.22 bits per heavy atom. The highest BCUT2D eigenvalue weighted by molar-refractivity contribution is 7.89. The minimum absolute atomic E-state index is 0.0134. The molecule has 2 saturated carbocycles. The number of aromatic nitrogens is 1. The largest absolute Gasteiger partial charge is 0.490 e. The van der Waals surface area contributed by atoms with E-state index in [4.69, 9.17) is 36.8 Å². The number of alkyl carbamates (subject to hydrolysis) is 1. The quantitative estimate of drug-likeness (QED) is 0.184. The number of halogens is 1. The third-order valence-electron chi connectivity index (χ3n) is 6.92. The van der Waals surface area contributed by atoms with Crippen LogP contribution in [0.1, 0.15) is 81.3 Å². The number of rotatable bonds is 14. The number of benzene rings is 2. The van der Waals surface area contributed by atoms with Crippen molar-refractivity contribution in [3.05, 3.63) is 77.0 Å². The number of ether oxygens (including phenoxy) is 3. The van der Waals surface area contributed by atoms with Crippen LogP contribution in [-0.4, -0.2) is 55.6 Å². The number of para-hydroxylation sites is 1. The number of nitrogens with zero attached hydrogens (tertiary/aromatic N) is 2. The molecular formula is C34H42ClN3O6S. The molecule has 2 fully saturated rings. The highest BCUT2D eigenvalue weighted by atomic mass is 35.5. The molecule has 2 aromatic carbocycles. The van der Waals surface area contributed by atoms with E-state index in [9.17, 15) is 13.2 Å². The molecule has 0 bridgehead atoms. The molecule has 0 radical (unpaired) electrons. The van der Waals surface area contributed by atoms with Crippen molar-refractivity contribution in [1.82, 2.24) is 14.6 Å². The van der Waals surface area contributed by atoms with Crippen molar-refractivity contribution in [3.63, 3.8) is 0 Å². The molecule has 9 nitrogen and oxygen atoms in total. The van der Waals surface area contributed by atoms with E-state index in [1.165, 1.54) is 19.4 Å². The average molecular weight is 664 g/mol. The maximum atomic E-state index is 13.8. The smallest absolute Gasteiger partial charge is 0.407 e. The van der Waals surface area contributed by atoms with Gasteiger partial charge in [0.2, 0.25) is 10.0 Å². The van der Waals surface area contributed by atoms with Gasteiger partial charge in [-0.3, -0.25) is 4.98 Å². The number of hydrogen-bond donors (Lipinski definition) is 1. The van der Waals surface area contributed by atoms with Gasteiger partial charge in [0.1, 0.15) is 11.4 Å². The minimum Gasteiger partial charge on any atom is -0.490 e. The van der Waals surface area contributed by atoms with Gasteiger partial charge in [0.15, 0.2) is 0 Å². The Labute approximate surface area is 282 Å². The second-order valence-corrected chi connectivity index (χ2v) is 14.2. The van der Waals surface area contributed by atoms with E-state index in [-0.39, 0.29) is 31.2 Å². The van der Waals surface area contributed by atoms with Gasteiger partial charge in [0, 0.05) is 52.8 Å². The maximum Gasteiger partial charge on any atom is 0.407 e. The molecule has 1 N–H and O–H groups in total. The number of pyridine rings is 1. The van der Waals surface area contributed by atoms with E-state index in [0.29, 0.717) is 23.3 Å². The van der Waals surface area contributed by atoms with Crippen LogP contribution in [0.5, 0.6) is 5.75 Å². The standard InChI is InChI=1S/C34H42ClN3O6S/c1-33(2,3)44-32(39)37-18-7-8-20-38(4)45(40,41)26-13-14-30(35)24(21-26)23-42-34(16-17-34)29-22-36-19-15-27(29)28-9-5-6-10-31(28)43-25-11-12-25/h5-6,9-10,13-15,19,21-22,25H,7-8,11-12,16-18,20,23H2,1-4H3,(H,37,39)/i13D,14D,16D,17D2,21D,23D2. The summed E-state index contributed by atoms with van der Waals surface area (Å²) in [7, 11) is -3.51. The number of carbonyl (C=O) groups excluding carboxylic acids is 1. The third kappa shape index (κ3) is 8.55. The molecule has 0 saturated heterocycles. The topological polar surface area (TPSA) is 107 Å². The van der Waals surface area contributed by atoms with E-state index in [2.05, 4.69) is 10.3 Å². The number of nitrogens with one attached hydrogen (secondary N) is 1. The Hall–Kier alpha value is -3.18. The van der Waals surface area contributed by atoms with Gasteiger partial charge in [0.05, 0.1) is 30.0 Å². The zero-order chi connectivity index (χ0) is 39.3. The molecule has 0 spiro atoms. The Morgan fingerprint density at radius 2 is 1.98 bits per heavy atom. The normalized spacial score (nSPS) is 23.7. The van der Waals surface area contributed by atoms with Gasteiger partial charge in [-0.15, -0.1) is 0 Å². The summed E-state index contributed by atoms with van der Waals surface area (Å²) in [6, 6.07) is 5.70. The molecule has 0 aliphatic heterocycles. The van der Waals surface area contributed by atoms with Crippen LogP contribution in [-0.2, 0) is 31.7 Å². The SMILES string of the molecule is [2H]c1c([2H])c(S(=O)(=O)N(C)CCCCNC(=O)OC(C)(C)C)c([2H])c(C([2H])([2H])OC2(c3cnccc3-c3ccccc3OC3CC3)C([2H])C2([2H])[2H])c1Cl. The van der Waals surface area contributed by atoms with Gasteiger partial charge in [-0.25, -0.2) is 17.5 Å². The zero-order valence-electron chi connectivity index (χ0n) is 33.6. The fraction of sp³-hybridized carbons (Fsp3) is 0.471. The molecule has 5 rings (SSSR count). The number of hydrogen-bond acceptors (Lipinski definition) is 7. The molecule has 2 aliphatic carbocycles. The van der Waals surface area contributed by atoms with Crippen LogP contribution >= 0.6 is 11.6 Å². The van der Waals surface area contributed by atoms with Crippen molar-refractivity contribution in [2.45, 2.75) is 88.0 Å². The van der Waals surface area contributed by atoms with Gasteiger partial charge in [-0.1, -0.05) is 29.8 Å². The molecule has 2 aliphatic rings. The third-order valence-corrected chi connectivity index (χ3v) is 8.92. The van der Waals surface area contributed by atoms with Gasteiger partial charge in [-0.05, 0) is 101 Å². The first kappa shape index (κ1) is 24.1. The highest BCUT2D eigenvalue weighted by Gasteiger charge is 2.48. The van der Waals surface area contributed by atoms with Crippen LogP contribution < -0.4 is 10.1 Å². The molecular weight excluding hydrogens is 614 g/mol. The van der Waals surface area contributed by atoms with Crippen molar-refractivity contribution < 1.29 is 38.4 Å². The highest BCUT2D eigenvalue weighted by Crippen LogP contribution is 2.53. The van der Waals surface area contributed by atoms with Crippen LogP contribution in [0.3, 0.4) is 0 Å². The second-order valence-electron chi connectivity index (χ2n) is 11.8. The predicted octanol–water partition coefficient (Wildman–Crippen LogP) is 7.07. The molecule has 2 unspecified atom stereocenters. The first-order valence-electron chi connectivity index (χ1n) is 18.7. The lowest BCUT2D eigenvalue weighted by atomic mass is 9.96. The van der Waals surface area contributed by atoms with Crippen molar-refractivity contribution in [2.24, 2.45) is 0 Å². The fourth-order valence-electron chi connectivity index (χ4n) is 4.36. The Bertz CT molecular complexity index is 2000. The number of carbonyl (C=O) groups is 1. The van der Waals surface area contributed by atoms with E-state index in [1.807, 2.05) is 0 Å². The molecule has 45 heavy (non-hydrogen) atoms. The second kappa shape index (κ2) is 13.7. The summed E-state index contributed by atoms with van der Waals surface area (Å²) in [6.07, 6.45) is 0.221. The molecule has 11 heteroatoms. The number of unbranched alkanes of at least 4 members (excludes halogenated alkanes) is 1. The summed E-state index contributed by atoms with van der Waals surface area (Å²) < 4.78 is 116. The summed E-state index contributed by atoms with van der Waals surface area (Å²) in [6.45, 7) is 1.94. The molecule has 2 atom stereocenters. The Balaban J connectivity index is 1.47. The van der Waals surface area contributed by atoms with Crippen molar-refractivity contribution in [1.29, 1.82) is 0 Å². The summed E-state index contributed by atoms with van der Waals surface area (Å²) in [4.78, 5) is 15.1. The van der Waals surface area contributed by atoms with Crippen LogP contribution in [0.15, 0.2) is 65.7 Å². The summed E-state index contributed by atoms with van der Waals surface area (Å²) in [5.74, 6) is 0.489. The van der Waals surface area contributed by atoms with Gasteiger partial charge in [0.25, 0.3) is 0 Å². The summed E-state index contributed by atoms with van der Waals surface area (Å²) in [5.41, 5.74) is -3.05. The molecule has 1 aromatic heterocycles. The molecule has 1 amide bonds. The lowest BCUT2D eigenvalue weighted by molar-refractivity contribution is 0.0173. The number of sulfonamides is 1. The first-order chi connectivity index (χ1) is 24.6. The lowest BCUT2D eigenvalue weighted by Crippen LogP contribution is -2.33. The average Bonchev–Trinajstić information content (AvgIpc) is 3.95. The molecule has 242 valence electrons. The Kier molecular flexibility index (Phi) is 7.31. The molecule has 1 heterocycles. The van der Waals surface area contributed by atoms with Crippen LogP contribution in [0.2, 0.25) is 5.02 Å². The van der Waals surface area contributed by atoms with Crippen molar-refractivity contribution in [2.75, 3.05) is 20.1 Å². The minimum atomic E-state index is -4.71. The summed E-state index contributed by atoms with van der Waals surface area (Å²) in [5, 5.41) is 1.80. The maximum absolute atomic E-state index is 13.8.